The summed E-state index contributed by atoms with van der Waals surface area (Å²) in [6, 6.07) is 10.3. The van der Waals surface area contributed by atoms with Crippen molar-refractivity contribution in [2.75, 3.05) is 29.9 Å². The van der Waals surface area contributed by atoms with E-state index < -0.39 is 11.9 Å². The molecule has 4 rings (SSSR count). The molecule has 1 aromatic carbocycles. The van der Waals surface area contributed by atoms with Crippen molar-refractivity contribution in [3.8, 4) is 0 Å². The molecule has 1 aliphatic carbocycles. The average molecular weight is 380 g/mol. The molecular formula is C22H28N4O2. The molecule has 2 aromatic rings. The largest absolute Gasteiger partial charge is 0.481 e. The van der Waals surface area contributed by atoms with Gasteiger partial charge in [0.05, 0.1) is 5.92 Å². The number of hydrogen-bond acceptors (Lipinski definition) is 5. The Morgan fingerprint density at radius 2 is 2.11 bits per heavy atom. The highest BCUT2D eigenvalue weighted by Gasteiger charge is 2.23. The summed E-state index contributed by atoms with van der Waals surface area (Å²) in [4.78, 5) is 18.5. The van der Waals surface area contributed by atoms with E-state index >= 15 is 0 Å². The molecule has 0 bridgehead atoms. The zero-order chi connectivity index (χ0) is 19.7. The first-order valence-corrected chi connectivity index (χ1v) is 10.1. The summed E-state index contributed by atoms with van der Waals surface area (Å²) in [5, 5.41) is 16.2. The Kier molecular flexibility index (Phi) is 5.22. The van der Waals surface area contributed by atoms with Gasteiger partial charge in [-0.25, -0.2) is 4.98 Å². The molecule has 1 fully saturated rings. The fourth-order valence-corrected chi connectivity index (χ4v) is 4.10. The number of carboxylic acid groups (broad SMARTS) is 1. The van der Waals surface area contributed by atoms with Gasteiger partial charge in [0.25, 0.3) is 0 Å². The van der Waals surface area contributed by atoms with Crippen LogP contribution >= 0.6 is 0 Å². The maximum atomic E-state index is 11.2. The number of aromatic nitrogens is 1. The van der Waals surface area contributed by atoms with Gasteiger partial charge in [-0.05, 0) is 56.4 Å². The van der Waals surface area contributed by atoms with E-state index in [2.05, 4.69) is 28.5 Å². The summed E-state index contributed by atoms with van der Waals surface area (Å²) in [6.45, 7) is 6.83. The van der Waals surface area contributed by atoms with Gasteiger partial charge < -0.3 is 20.6 Å². The number of fused-ring (bicyclic) bond motifs is 1. The molecule has 0 amide bonds. The Morgan fingerprint density at radius 1 is 1.32 bits per heavy atom. The number of anilines is 3. The number of carboxylic acids is 1. The summed E-state index contributed by atoms with van der Waals surface area (Å²) in [5.41, 5.74) is 5.44. The van der Waals surface area contributed by atoms with Crippen molar-refractivity contribution in [3.63, 3.8) is 0 Å². The predicted octanol–water partition coefficient (Wildman–Crippen LogP) is 3.30. The van der Waals surface area contributed by atoms with Gasteiger partial charge in [-0.3, -0.25) is 4.79 Å². The van der Waals surface area contributed by atoms with Gasteiger partial charge in [0.15, 0.2) is 0 Å². The SMILES string of the molecule is CC1CN(c2cc(Nc3ccc(C(C)C(=O)O)cc3)c3c(n2)CCC3)CCN1. The van der Waals surface area contributed by atoms with Gasteiger partial charge in [0.1, 0.15) is 5.82 Å². The van der Waals surface area contributed by atoms with Crippen LogP contribution in [0.3, 0.4) is 0 Å². The Labute approximate surface area is 166 Å². The first-order chi connectivity index (χ1) is 13.5. The minimum Gasteiger partial charge on any atom is -0.481 e. The molecule has 2 aliphatic rings. The molecule has 6 heteroatoms. The first-order valence-electron chi connectivity index (χ1n) is 10.1. The lowest BCUT2D eigenvalue weighted by Crippen LogP contribution is -2.49. The molecule has 28 heavy (non-hydrogen) atoms. The maximum Gasteiger partial charge on any atom is 0.310 e. The van der Waals surface area contributed by atoms with E-state index in [4.69, 9.17) is 4.98 Å². The summed E-state index contributed by atoms with van der Waals surface area (Å²) in [7, 11) is 0. The standard InChI is InChI=1S/C22H28N4O2/c1-14-13-26(11-10-23-14)21-12-20(18-4-3-5-19(18)25-21)24-17-8-6-16(7-9-17)15(2)22(27)28/h6-9,12,14-15,23H,3-5,10-11,13H2,1-2H3,(H,24,25)(H,27,28). The van der Waals surface area contributed by atoms with Gasteiger partial charge in [0, 0.05) is 48.8 Å². The van der Waals surface area contributed by atoms with Crippen LogP contribution in [-0.2, 0) is 17.6 Å². The highest BCUT2D eigenvalue weighted by Crippen LogP contribution is 2.33. The number of carbonyl (C=O) groups is 1. The zero-order valence-corrected chi connectivity index (χ0v) is 16.5. The van der Waals surface area contributed by atoms with Gasteiger partial charge in [-0.2, -0.15) is 0 Å². The van der Waals surface area contributed by atoms with Crippen LogP contribution in [0.5, 0.6) is 0 Å². The van der Waals surface area contributed by atoms with Crippen LogP contribution in [-0.4, -0.2) is 41.7 Å². The molecule has 148 valence electrons. The van der Waals surface area contributed by atoms with E-state index in [9.17, 15) is 9.90 Å². The molecule has 2 heterocycles. The summed E-state index contributed by atoms with van der Waals surface area (Å²) >= 11 is 0. The minimum atomic E-state index is -0.803. The van der Waals surface area contributed by atoms with Crippen LogP contribution in [0, 0.1) is 0 Å². The number of pyridine rings is 1. The third-order valence-electron chi connectivity index (χ3n) is 5.79. The molecule has 0 saturated carbocycles. The molecule has 1 aromatic heterocycles. The highest BCUT2D eigenvalue weighted by molar-refractivity contribution is 5.76. The lowest BCUT2D eigenvalue weighted by molar-refractivity contribution is -0.138. The fraction of sp³-hybridized carbons (Fsp3) is 0.455. The number of nitrogens with one attached hydrogen (secondary N) is 2. The van der Waals surface area contributed by atoms with Gasteiger partial charge in [0.2, 0.25) is 0 Å². The van der Waals surface area contributed by atoms with Crippen molar-refractivity contribution in [1.82, 2.24) is 10.3 Å². The first kappa shape index (κ1) is 18.7. The summed E-state index contributed by atoms with van der Waals surface area (Å²) in [5.74, 6) is -0.254. The lowest BCUT2D eigenvalue weighted by atomic mass is 10.0. The van der Waals surface area contributed by atoms with Crippen LogP contribution in [0.25, 0.3) is 0 Å². The van der Waals surface area contributed by atoms with Crippen LogP contribution in [0.1, 0.15) is 43.0 Å². The molecule has 1 saturated heterocycles. The number of hydrogen-bond donors (Lipinski definition) is 3. The number of nitrogens with zero attached hydrogens (tertiary/aromatic N) is 2. The van der Waals surface area contributed by atoms with Crippen molar-refractivity contribution in [2.45, 2.75) is 45.1 Å². The van der Waals surface area contributed by atoms with Crippen LogP contribution < -0.4 is 15.5 Å². The summed E-state index contributed by atoms with van der Waals surface area (Å²) < 4.78 is 0. The molecule has 0 radical (unpaired) electrons. The van der Waals surface area contributed by atoms with E-state index in [-0.39, 0.29) is 0 Å². The van der Waals surface area contributed by atoms with E-state index in [1.54, 1.807) is 6.92 Å². The summed E-state index contributed by atoms with van der Waals surface area (Å²) in [6.07, 6.45) is 3.24. The number of rotatable bonds is 5. The molecule has 3 N–H and O–H groups in total. The third-order valence-corrected chi connectivity index (χ3v) is 5.79. The maximum absolute atomic E-state index is 11.2. The normalized spacial score (nSPS) is 19.9. The van der Waals surface area contributed by atoms with E-state index in [0.29, 0.717) is 6.04 Å². The fourth-order valence-electron chi connectivity index (χ4n) is 4.10. The van der Waals surface area contributed by atoms with Gasteiger partial charge in [-0.15, -0.1) is 0 Å². The van der Waals surface area contributed by atoms with Crippen LogP contribution in [0.2, 0.25) is 0 Å². The number of benzene rings is 1. The quantitative estimate of drug-likeness (QED) is 0.739. The Morgan fingerprint density at radius 3 is 2.82 bits per heavy atom. The third kappa shape index (κ3) is 3.83. The Hall–Kier alpha value is -2.60. The van der Waals surface area contributed by atoms with E-state index in [1.807, 2.05) is 24.3 Å². The van der Waals surface area contributed by atoms with Crippen LogP contribution in [0.4, 0.5) is 17.2 Å². The second-order valence-corrected chi connectivity index (χ2v) is 7.91. The van der Waals surface area contributed by atoms with Crippen molar-refractivity contribution >= 4 is 23.2 Å². The molecule has 6 nitrogen and oxygen atoms in total. The molecule has 0 spiro atoms. The number of aryl methyl sites for hydroxylation is 1. The number of piperazine rings is 1. The Balaban J connectivity index is 1.59. The zero-order valence-electron chi connectivity index (χ0n) is 16.5. The Bertz CT molecular complexity index is 866. The molecular weight excluding hydrogens is 352 g/mol. The van der Waals surface area contributed by atoms with Crippen molar-refractivity contribution in [2.24, 2.45) is 0 Å². The molecule has 2 atom stereocenters. The average Bonchev–Trinajstić information content (AvgIpc) is 3.17. The number of aliphatic carboxylic acids is 1. The molecule has 1 aliphatic heterocycles. The van der Waals surface area contributed by atoms with Crippen molar-refractivity contribution in [1.29, 1.82) is 0 Å². The van der Waals surface area contributed by atoms with E-state index in [0.717, 1.165) is 61.7 Å². The minimum absolute atomic E-state index is 0.462. The van der Waals surface area contributed by atoms with Crippen molar-refractivity contribution < 1.29 is 9.90 Å². The topological polar surface area (TPSA) is 77.5 Å². The monoisotopic (exact) mass is 380 g/mol. The van der Waals surface area contributed by atoms with Gasteiger partial charge >= 0.3 is 5.97 Å². The van der Waals surface area contributed by atoms with E-state index in [1.165, 1.54) is 11.3 Å². The smallest absolute Gasteiger partial charge is 0.310 e. The van der Waals surface area contributed by atoms with Crippen LogP contribution in [0.15, 0.2) is 30.3 Å². The second kappa shape index (κ2) is 7.80. The highest BCUT2D eigenvalue weighted by atomic mass is 16.4. The lowest BCUT2D eigenvalue weighted by Gasteiger charge is -2.33. The predicted molar refractivity (Wildman–Crippen MR) is 112 cm³/mol. The van der Waals surface area contributed by atoms with Gasteiger partial charge in [-0.1, -0.05) is 12.1 Å². The second-order valence-electron chi connectivity index (χ2n) is 7.91. The molecule has 2 unspecified atom stereocenters. The van der Waals surface area contributed by atoms with Crippen molar-refractivity contribution in [3.05, 3.63) is 47.2 Å².